The van der Waals surface area contributed by atoms with Crippen LogP contribution in [0.1, 0.15) is 38.5 Å². The second kappa shape index (κ2) is 11.7. The Bertz CT molecular complexity index is 528. The van der Waals surface area contributed by atoms with Gasteiger partial charge in [-0.05, 0) is 57.1 Å². The Labute approximate surface area is 156 Å². The molecular formula is C18H29ClN4O2. The largest absolute Gasteiger partial charge is 0.326 e. The Hall–Kier alpha value is -1.79. The summed E-state index contributed by atoms with van der Waals surface area (Å²) < 4.78 is 0. The van der Waals surface area contributed by atoms with Gasteiger partial charge < -0.3 is 20.9 Å². The highest BCUT2D eigenvalue weighted by molar-refractivity contribution is 5.92. The summed E-state index contributed by atoms with van der Waals surface area (Å²) in [6, 6.07) is 7.22. The lowest BCUT2D eigenvalue weighted by molar-refractivity contribution is -0.116. The van der Waals surface area contributed by atoms with E-state index >= 15 is 0 Å². The molecule has 1 heterocycles. The predicted octanol–water partition coefficient (Wildman–Crippen LogP) is 3.45. The maximum Gasteiger partial charge on any atom is 0.321 e. The molecule has 1 aliphatic rings. The van der Waals surface area contributed by atoms with E-state index in [2.05, 4.69) is 16.0 Å². The topological polar surface area (TPSA) is 73.5 Å². The minimum atomic E-state index is -0.0410. The molecule has 3 N–H and O–H groups in total. The van der Waals surface area contributed by atoms with Gasteiger partial charge in [0.2, 0.25) is 5.91 Å². The first kappa shape index (κ1) is 21.3. The lowest BCUT2D eigenvalue weighted by atomic mass is 10.2. The molecule has 0 atom stereocenters. The molecule has 7 heteroatoms. The molecule has 0 radical (unpaired) electrons. The Morgan fingerprint density at radius 3 is 2.08 bits per heavy atom. The van der Waals surface area contributed by atoms with Gasteiger partial charge in [-0.1, -0.05) is 12.8 Å². The van der Waals surface area contributed by atoms with Crippen LogP contribution in [-0.2, 0) is 4.79 Å². The maximum atomic E-state index is 12.3. The first-order valence-electron chi connectivity index (χ1n) is 8.79. The lowest BCUT2D eigenvalue weighted by Gasteiger charge is -2.20. The third kappa shape index (κ3) is 7.75. The summed E-state index contributed by atoms with van der Waals surface area (Å²) in [5, 5.41) is 8.81. The molecule has 0 spiro atoms. The van der Waals surface area contributed by atoms with Crippen LogP contribution in [0.4, 0.5) is 16.2 Å². The zero-order valence-corrected chi connectivity index (χ0v) is 15.7. The van der Waals surface area contributed by atoms with Crippen molar-refractivity contribution in [2.75, 3.05) is 37.3 Å². The number of carbonyl (C=O) groups excluding carboxylic acids is 2. The number of likely N-dealkylation sites (tertiary alicyclic amines) is 1. The van der Waals surface area contributed by atoms with E-state index in [4.69, 9.17) is 0 Å². The van der Waals surface area contributed by atoms with Crippen molar-refractivity contribution in [3.05, 3.63) is 24.3 Å². The van der Waals surface area contributed by atoms with Gasteiger partial charge in [-0.2, -0.15) is 0 Å². The Morgan fingerprint density at radius 2 is 1.52 bits per heavy atom. The van der Waals surface area contributed by atoms with Crippen molar-refractivity contribution in [3.63, 3.8) is 0 Å². The monoisotopic (exact) mass is 368 g/mol. The fraction of sp³-hybridized carbons (Fsp3) is 0.556. The summed E-state index contributed by atoms with van der Waals surface area (Å²) in [6.07, 6.45) is 5.86. The van der Waals surface area contributed by atoms with Crippen LogP contribution >= 0.6 is 12.4 Å². The second-order valence-corrected chi connectivity index (χ2v) is 6.16. The van der Waals surface area contributed by atoms with E-state index < -0.39 is 0 Å². The van der Waals surface area contributed by atoms with Crippen LogP contribution in [0.5, 0.6) is 0 Å². The van der Waals surface area contributed by atoms with Gasteiger partial charge in [0.15, 0.2) is 0 Å². The molecule has 1 saturated heterocycles. The van der Waals surface area contributed by atoms with Crippen molar-refractivity contribution in [2.45, 2.75) is 38.5 Å². The van der Waals surface area contributed by atoms with Gasteiger partial charge in [0.25, 0.3) is 0 Å². The normalized spacial score (nSPS) is 14.2. The molecule has 1 fully saturated rings. The molecule has 2 rings (SSSR count). The number of nitrogens with one attached hydrogen (secondary N) is 3. The highest BCUT2D eigenvalue weighted by Gasteiger charge is 2.15. The molecule has 0 aliphatic carbocycles. The number of rotatable bonds is 6. The molecular weight excluding hydrogens is 340 g/mol. The van der Waals surface area contributed by atoms with Gasteiger partial charge in [0.05, 0.1) is 0 Å². The van der Waals surface area contributed by atoms with E-state index in [0.29, 0.717) is 6.42 Å². The average Bonchev–Trinajstić information content (AvgIpc) is 2.86. The molecule has 140 valence electrons. The molecule has 0 saturated carbocycles. The standard InChI is InChI=1S/C18H28N4O2.ClH/c1-19-12-6-7-17(23)20-15-8-10-16(11-9-15)21-18(24)22-13-4-2-3-5-14-22;/h8-11,19H,2-7,12-14H2,1H3,(H,20,23)(H,21,24);1H. The number of anilines is 2. The third-order valence-corrected chi connectivity index (χ3v) is 4.14. The van der Waals surface area contributed by atoms with Crippen molar-refractivity contribution in [3.8, 4) is 0 Å². The number of urea groups is 1. The number of benzene rings is 1. The molecule has 0 unspecified atom stereocenters. The zero-order valence-electron chi connectivity index (χ0n) is 14.8. The zero-order chi connectivity index (χ0) is 17.2. The van der Waals surface area contributed by atoms with Crippen LogP contribution in [0.3, 0.4) is 0 Å². The molecule has 0 bridgehead atoms. The number of hydrogen-bond donors (Lipinski definition) is 3. The van der Waals surface area contributed by atoms with Crippen molar-refractivity contribution < 1.29 is 9.59 Å². The SMILES string of the molecule is CNCCCC(=O)Nc1ccc(NC(=O)N2CCCCCC2)cc1.Cl. The minimum Gasteiger partial charge on any atom is -0.326 e. The van der Waals surface area contributed by atoms with Crippen LogP contribution in [-0.4, -0.2) is 43.5 Å². The molecule has 6 nitrogen and oxygen atoms in total. The van der Waals surface area contributed by atoms with Crippen molar-refractivity contribution in [1.29, 1.82) is 0 Å². The van der Waals surface area contributed by atoms with Crippen LogP contribution in [0.25, 0.3) is 0 Å². The highest BCUT2D eigenvalue weighted by Crippen LogP contribution is 2.16. The smallest absolute Gasteiger partial charge is 0.321 e. The summed E-state index contributed by atoms with van der Waals surface area (Å²) >= 11 is 0. The summed E-state index contributed by atoms with van der Waals surface area (Å²) in [5.74, 6) is 0.00611. The first-order valence-corrected chi connectivity index (χ1v) is 8.79. The van der Waals surface area contributed by atoms with Gasteiger partial charge in [-0.3, -0.25) is 4.79 Å². The number of nitrogens with zero attached hydrogens (tertiary/aromatic N) is 1. The van der Waals surface area contributed by atoms with Crippen LogP contribution in [0, 0.1) is 0 Å². The van der Waals surface area contributed by atoms with E-state index in [9.17, 15) is 9.59 Å². The summed E-state index contributed by atoms with van der Waals surface area (Å²) in [7, 11) is 1.87. The van der Waals surface area contributed by atoms with E-state index in [1.54, 1.807) is 0 Å². The number of carbonyl (C=O) groups is 2. The Balaban J connectivity index is 0.00000312. The van der Waals surface area contributed by atoms with E-state index in [1.807, 2.05) is 36.2 Å². The number of halogens is 1. The fourth-order valence-electron chi connectivity index (χ4n) is 2.76. The highest BCUT2D eigenvalue weighted by atomic mass is 35.5. The van der Waals surface area contributed by atoms with Crippen LogP contribution in [0.15, 0.2) is 24.3 Å². The lowest BCUT2D eigenvalue weighted by Crippen LogP contribution is -2.35. The fourth-order valence-corrected chi connectivity index (χ4v) is 2.76. The van der Waals surface area contributed by atoms with Gasteiger partial charge >= 0.3 is 6.03 Å². The molecule has 1 aromatic carbocycles. The second-order valence-electron chi connectivity index (χ2n) is 6.16. The van der Waals surface area contributed by atoms with Crippen molar-refractivity contribution in [2.24, 2.45) is 0 Å². The maximum absolute atomic E-state index is 12.3. The van der Waals surface area contributed by atoms with E-state index in [1.165, 1.54) is 12.8 Å². The van der Waals surface area contributed by atoms with E-state index in [-0.39, 0.29) is 24.3 Å². The quantitative estimate of drug-likeness (QED) is 0.673. The molecule has 1 aromatic rings. The predicted molar refractivity (Wildman–Crippen MR) is 105 cm³/mol. The van der Waals surface area contributed by atoms with Crippen LogP contribution < -0.4 is 16.0 Å². The number of hydrogen-bond acceptors (Lipinski definition) is 3. The third-order valence-electron chi connectivity index (χ3n) is 4.14. The number of amides is 3. The van der Waals surface area contributed by atoms with Crippen LogP contribution in [0.2, 0.25) is 0 Å². The van der Waals surface area contributed by atoms with Gasteiger partial charge in [-0.25, -0.2) is 4.79 Å². The van der Waals surface area contributed by atoms with Gasteiger partial charge in [-0.15, -0.1) is 12.4 Å². The molecule has 1 aliphatic heterocycles. The Kier molecular flexibility index (Phi) is 9.96. The van der Waals surface area contributed by atoms with Crippen molar-refractivity contribution in [1.82, 2.24) is 10.2 Å². The molecule has 25 heavy (non-hydrogen) atoms. The van der Waals surface area contributed by atoms with Gasteiger partial charge in [0, 0.05) is 30.9 Å². The summed E-state index contributed by atoms with van der Waals surface area (Å²) in [6.45, 7) is 2.48. The first-order chi connectivity index (χ1) is 11.7. The summed E-state index contributed by atoms with van der Waals surface area (Å²) in [5.41, 5.74) is 1.50. The van der Waals surface area contributed by atoms with Gasteiger partial charge in [0.1, 0.15) is 0 Å². The molecule has 3 amide bonds. The Morgan fingerprint density at radius 1 is 0.960 bits per heavy atom. The summed E-state index contributed by atoms with van der Waals surface area (Å²) in [4.78, 5) is 25.9. The van der Waals surface area contributed by atoms with E-state index in [0.717, 1.165) is 50.3 Å². The van der Waals surface area contributed by atoms with Crippen molar-refractivity contribution >= 4 is 35.7 Å². The molecule has 0 aromatic heterocycles. The average molecular weight is 369 g/mol. The minimum absolute atomic E-state index is 0.